The molecule has 0 radical (unpaired) electrons. The molecule has 10 heterocycles. The highest BCUT2D eigenvalue weighted by Crippen LogP contribution is 2.47. The number of amides is 2. The van der Waals surface area contributed by atoms with Gasteiger partial charge in [-0.05, 0) is 183 Å². The van der Waals surface area contributed by atoms with Crippen molar-refractivity contribution in [3.63, 3.8) is 0 Å². The van der Waals surface area contributed by atoms with Crippen LogP contribution in [0.15, 0.2) is 117 Å². The topological polar surface area (TPSA) is 367 Å². The van der Waals surface area contributed by atoms with Crippen LogP contribution in [0.1, 0.15) is 178 Å². The summed E-state index contributed by atoms with van der Waals surface area (Å²) in [5.41, 5.74) is -2.60. The second-order valence-corrected chi connectivity index (χ2v) is 36.4. The second-order valence-electron chi connectivity index (χ2n) is 36.4. The smallest absolute Gasteiger partial charge is 0.411 e. The first-order valence-corrected chi connectivity index (χ1v) is 44.8. The lowest BCUT2D eigenvalue weighted by Crippen LogP contribution is -2.62. The van der Waals surface area contributed by atoms with Crippen molar-refractivity contribution in [3.8, 4) is 22.5 Å². The number of fused-ring (bicyclic) bond motifs is 2. The van der Waals surface area contributed by atoms with E-state index >= 15 is 0 Å². The van der Waals surface area contributed by atoms with E-state index in [1.807, 2.05) is 111 Å². The quantitative estimate of drug-likeness (QED) is 0.0134. The number of hydrogen-bond acceptors (Lipinski definition) is 28. The predicted octanol–water partition coefficient (Wildman–Crippen LogP) is 11.5. The molecular weight excluding hydrogens is 1630 g/mol. The van der Waals surface area contributed by atoms with E-state index in [2.05, 4.69) is 19.9 Å². The van der Waals surface area contributed by atoms with Crippen LogP contribution in [0.2, 0.25) is 0 Å². The highest BCUT2D eigenvalue weighted by Gasteiger charge is 2.65. The van der Waals surface area contributed by atoms with Crippen LogP contribution in [-0.4, -0.2) is 277 Å². The number of likely N-dealkylation sites (N-methyl/N-ethyl adjacent to an activating group) is 2. The fourth-order valence-corrected chi connectivity index (χ4v) is 19.8. The molecule has 2 amide bonds. The lowest BCUT2D eigenvalue weighted by atomic mass is 9.72. The number of nitrogens with zero attached hydrogens (tertiary/aromatic N) is 10. The molecule has 2 unspecified atom stereocenters. The third-order valence-electron chi connectivity index (χ3n) is 26.9. The van der Waals surface area contributed by atoms with E-state index in [0.717, 1.165) is 22.5 Å². The van der Waals surface area contributed by atoms with E-state index in [1.165, 1.54) is 33.0 Å². The van der Waals surface area contributed by atoms with Gasteiger partial charge in [-0.2, -0.15) is 0 Å². The molecule has 26 atom stereocenters. The molecule has 6 saturated heterocycles. The minimum Gasteiger partial charge on any atom is -0.457 e. The summed E-state index contributed by atoms with van der Waals surface area (Å²) < 4.78 is 73.3. The lowest BCUT2D eigenvalue weighted by Gasteiger charge is -2.47. The first kappa shape index (κ1) is 99.8. The number of ketones is 4. The number of aliphatic hydroxyl groups is 1. The van der Waals surface area contributed by atoms with Gasteiger partial charge in [0.25, 0.3) is 0 Å². The van der Waals surface area contributed by atoms with Gasteiger partial charge < -0.3 is 76.1 Å². The molecule has 127 heavy (non-hydrogen) atoms. The zero-order chi connectivity index (χ0) is 92.9. The van der Waals surface area contributed by atoms with Crippen LogP contribution < -0.4 is 0 Å². The average molecular weight is 1770 g/mol. The minimum atomic E-state index is -2.07. The number of aldehydes is 1. The first-order valence-electron chi connectivity index (χ1n) is 44.8. The van der Waals surface area contributed by atoms with Crippen molar-refractivity contribution < 1.29 is 105 Å². The highest BCUT2D eigenvalue weighted by molar-refractivity contribution is 6.01. The number of rotatable bonds is 26. The zero-order valence-corrected chi connectivity index (χ0v) is 77.6. The fourth-order valence-electron chi connectivity index (χ4n) is 19.8. The van der Waals surface area contributed by atoms with E-state index < -0.39 is 173 Å². The third-order valence-corrected chi connectivity index (χ3v) is 26.9. The van der Waals surface area contributed by atoms with Crippen molar-refractivity contribution in [3.05, 3.63) is 122 Å². The Kier molecular flexibility index (Phi) is 34.1. The number of Topliss-reactive ketones (excluding diaryl/α,β-unsaturated/α-hetero) is 4. The molecule has 1 aromatic carbocycles. The summed E-state index contributed by atoms with van der Waals surface area (Å²) in [5.74, 6) is -11.8. The lowest BCUT2D eigenvalue weighted by molar-refractivity contribution is -0.295. The number of benzene rings is 1. The number of hydrogen-bond donors (Lipinski definition) is 1. The SMILES string of the molecule is CC=C[C@]12OC(=O)N(CCCCn3cnc(-c4cccnc4)c3)[C@@H]1[C@@H](C)C(=O)[C@H](C)C[C@](C)(OC)[C@H](OC1O[C@H](C)C[C@H](N(C)C)[C@H]1O)[C@@H](C)C(=O)[C@@H](C)C(=O)O[C@@H]2CC.CC[C@H]1OC(=O)[C@H](C)C(=O)[C@H](C)[C@@H](OC2O[C@H](C)C[C@H](N(C)C)[C@H]2OC(=O)c2ccccc2)[C@@](C)(OC)C[C@@H](C)C(=O)[C@H](C)[C@H]2N(CCCCn3cnc(-c4cccnc4)c3)C(=O)O[C@]12C=O. The maximum absolute atomic E-state index is 14.9. The molecule has 32 nitrogen and oxygen atoms in total. The molecule has 0 aliphatic carbocycles. The van der Waals surface area contributed by atoms with Crippen LogP contribution in [0.5, 0.6) is 0 Å². The zero-order valence-electron chi connectivity index (χ0n) is 77.6. The van der Waals surface area contributed by atoms with Gasteiger partial charge in [0, 0.05) is 130 Å². The Morgan fingerprint density at radius 2 is 0.984 bits per heavy atom. The maximum atomic E-state index is 14.9. The molecule has 6 aliphatic heterocycles. The van der Waals surface area contributed by atoms with Crippen LogP contribution in [-0.2, 0) is 98.8 Å². The van der Waals surface area contributed by atoms with E-state index in [1.54, 1.807) is 147 Å². The van der Waals surface area contributed by atoms with Gasteiger partial charge in [0.2, 0.25) is 5.60 Å². The van der Waals surface area contributed by atoms with Crippen LogP contribution >= 0.6 is 0 Å². The Balaban J connectivity index is 0.000000266. The number of cyclic esters (lactones) is 2. The van der Waals surface area contributed by atoms with Gasteiger partial charge in [-0.25, -0.2) is 24.4 Å². The summed E-state index contributed by atoms with van der Waals surface area (Å²) in [6.07, 6.45) is 10.9. The maximum Gasteiger partial charge on any atom is 0.411 e. The molecule has 696 valence electrons. The number of aromatic nitrogens is 6. The summed E-state index contributed by atoms with van der Waals surface area (Å²) >= 11 is 0. The molecule has 0 spiro atoms. The van der Waals surface area contributed by atoms with Crippen molar-refractivity contribution in [1.82, 2.24) is 48.7 Å². The van der Waals surface area contributed by atoms with Crippen LogP contribution in [0, 0.1) is 47.3 Å². The van der Waals surface area contributed by atoms with E-state index in [0.29, 0.717) is 63.5 Å². The Bertz CT molecular complexity index is 4590. The molecule has 0 saturated carbocycles. The standard InChI is InChI=1S/C50H67N5O12.C45H67N5O10/c1-11-39-50(28-56)43(55(48(61)67-50)23-16-15-22-54-27-37(52-29-54)36-20-17-21-51-26-36)32(4)40(57)30(2)25-49(7,62-10)44(33(5)41(58)34(6)45(59)64-39)66-47-42(38(53(8)9)24-31(3)63-47)65-46(60)35-18-13-12-14-19-35;1-12-18-45-35(13-2)58-41(54)31(7)37(52)30(6)40(59-42-38(53)34(48(9)10)22-28(4)57-42)44(8,56-11)23-27(3)36(51)29(5)39(45)50(43(55)60-45)21-15-14-20-49-25-33(47-26-49)32-17-16-19-46-24-32/h12-14,17-21,26-34,38-39,42-44,47H,11,15-16,22-25H2,1-10H3;12,16-19,24-31,34-35,38-40,42,53H,13-15,20-23H2,1-11H3/t30-,31-,32+,33+,34-,38+,39-,42-,43-,44-,47?,49+,50-;27-,28-,29+,30+,31-,34+,35-,38-,39-,40-,42?,44+,45-/m11/s1. The van der Waals surface area contributed by atoms with Gasteiger partial charge in [0.1, 0.15) is 35.6 Å². The minimum absolute atomic E-state index is 0.000394. The predicted molar refractivity (Wildman–Crippen MR) is 468 cm³/mol. The van der Waals surface area contributed by atoms with E-state index in [9.17, 15) is 53.1 Å². The van der Waals surface area contributed by atoms with Crippen LogP contribution in [0.4, 0.5) is 9.59 Å². The van der Waals surface area contributed by atoms with Gasteiger partial charge in [0.05, 0.1) is 83.3 Å². The molecule has 32 heteroatoms. The molecule has 5 aromatic rings. The second kappa shape index (κ2) is 43.4. The molecule has 11 rings (SSSR count). The van der Waals surface area contributed by atoms with Crippen molar-refractivity contribution in [2.45, 2.75) is 289 Å². The summed E-state index contributed by atoms with van der Waals surface area (Å²) in [7, 11) is 10.4. The molecular formula is C95H134N10O22. The number of unbranched alkanes of at least 4 members (excludes halogenated alkanes) is 2. The number of imidazole rings is 2. The van der Waals surface area contributed by atoms with Crippen molar-refractivity contribution in [2.75, 3.05) is 55.5 Å². The van der Waals surface area contributed by atoms with Gasteiger partial charge in [0.15, 0.2) is 48.2 Å². The monoisotopic (exact) mass is 1770 g/mol. The van der Waals surface area contributed by atoms with Gasteiger partial charge in [-0.15, -0.1) is 0 Å². The largest absolute Gasteiger partial charge is 0.457 e. The van der Waals surface area contributed by atoms with Gasteiger partial charge in [-0.3, -0.25) is 53.3 Å². The molecule has 6 aliphatic rings. The number of carbonyl (C=O) groups excluding carboxylic acids is 10. The van der Waals surface area contributed by atoms with Crippen molar-refractivity contribution >= 4 is 59.5 Å². The summed E-state index contributed by atoms with van der Waals surface area (Å²) in [6.45, 7) is 27.3. The number of pyridine rings is 2. The average Bonchev–Trinajstić information content (AvgIpc) is 1.60. The number of carbonyl (C=O) groups is 10. The van der Waals surface area contributed by atoms with Crippen molar-refractivity contribution in [1.29, 1.82) is 0 Å². The number of allylic oxidation sites excluding steroid dienone is 1. The normalized spacial score (nSPS) is 34.5. The highest BCUT2D eigenvalue weighted by atomic mass is 16.7. The van der Waals surface area contributed by atoms with E-state index in [-0.39, 0.29) is 74.6 Å². The number of ether oxygens (including phenoxy) is 11. The molecule has 0 bridgehead atoms. The summed E-state index contributed by atoms with van der Waals surface area (Å²) in [4.78, 5) is 167. The van der Waals surface area contributed by atoms with Gasteiger partial charge >= 0.3 is 30.1 Å². The Morgan fingerprint density at radius 3 is 1.41 bits per heavy atom. The molecule has 6 fully saturated rings. The van der Waals surface area contributed by atoms with Crippen molar-refractivity contribution in [2.24, 2.45) is 47.3 Å². The van der Waals surface area contributed by atoms with Crippen LogP contribution in [0.25, 0.3) is 22.5 Å². The van der Waals surface area contributed by atoms with E-state index in [4.69, 9.17) is 52.1 Å². The number of methoxy groups -OCH3 is 2. The number of esters is 3. The van der Waals surface area contributed by atoms with Gasteiger partial charge in [-0.1, -0.05) is 79.7 Å². The fraction of sp³-hybridized carbons (Fsp3) is 0.642. The Hall–Kier alpha value is -9.38. The Morgan fingerprint density at radius 1 is 0.559 bits per heavy atom. The third kappa shape index (κ3) is 22.0. The first-order chi connectivity index (χ1) is 60.3. The number of aryl methyl sites for hydroxylation is 2. The summed E-state index contributed by atoms with van der Waals surface area (Å²) in [6, 6.07) is 13.4. The molecule has 4 aromatic heterocycles. The van der Waals surface area contributed by atoms with Crippen LogP contribution in [0.3, 0.4) is 0 Å². The Labute approximate surface area is 746 Å². The summed E-state index contributed by atoms with van der Waals surface area (Å²) in [5, 5.41) is 11.5. The number of aliphatic hydroxyl groups excluding tert-OH is 1. The molecule has 1 N–H and O–H groups in total.